The number of nitrogens with one attached hydrogen (secondary N) is 1. The molecule has 0 bridgehead atoms. The van der Waals surface area contributed by atoms with Crippen LogP contribution in [-0.2, 0) is 23.7 Å². The summed E-state index contributed by atoms with van der Waals surface area (Å²) in [6, 6.07) is 19.7. The number of esters is 1. The number of nitrogens with zero attached hydrogens (tertiary/aromatic N) is 20. The molecule has 3 fully saturated rings. The molecular formula is C58H57F6N21O6. The third-order valence-electron chi connectivity index (χ3n) is 15.6. The van der Waals surface area contributed by atoms with Crippen LogP contribution in [0.15, 0.2) is 91.8 Å². The number of morpholine rings is 3. The van der Waals surface area contributed by atoms with Crippen LogP contribution >= 0.6 is 0 Å². The van der Waals surface area contributed by atoms with Gasteiger partial charge in [0.15, 0.2) is 62.9 Å². The molecule has 91 heavy (non-hydrogen) atoms. The summed E-state index contributed by atoms with van der Waals surface area (Å²) in [6.07, 6.45) is -3.93. The van der Waals surface area contributed by atoms with E-state index in [1.54, 1.807) is 95.2 Å². The van der Waals surface area contributed by atoms with Crippen molar-refractivity contribution in [2.24, 2.45) is 0 Å². The van der Waals surface area contributed by atoms with Gasteiger partial charge in [-0.05, 0) is 50.2 Å². The van der Waals surface area contributed by atoms with Crippen LogP contribution in [0.1, 0.15) is 62.7 Å². The average molecular weight is 1260 g/mol. The molecule has 0 saturated carbocycles. The molecule has 472 valence electrons. The summed E-state index contributed by atoms with van der Waals surface area (Å²) in [5, 5.41) is 9.66. The van der Waals surface area contributed by atoms with Gasteiger partial charge in [-0.3, -0.25) is 13.7 Å². The lowest BCUT2D eigenvalue weighted by molar-refractivity contribution is -0.143. The van der Waals surface area contributed by atoms with Gasteiger partial charge in [0.05, 0.1) is 111 Å². The Morgan fingerprint density at radius 3 is 1.33 bits per heavy atom. The highest BCUT2D eigenvalue weighted by atomic mass is 19.3. The van der Waals surface area contributed by atoms with Crippen molar-refractivity contribution in [1.82, 2.24) is 87.6 Å². The second-order valence-electron chi connectivity index (χ2n) is 21.1. The predicted octanol–water partition coefficient (Wildman–Crippen LogP) is 7.63. The minimum atomic E-state index is -2.84. The zero-order valence-electron chi connectivity index (χ0n) is 48.9. The van der Waals surface area contributed by atoms with Crippen molar-refractivity contribution >= 4 is 90.4 Å². The number of H-pyrrole nitrogens is 1. The number of aromatic amines is 1. The highest BCUT2D eigenvalue weighted by Crippen LogP contribution is 2.36. The Bertz CT molecular complexity index is 4590. The molecule has 9 aromatic heterocycles. The molecule has 3 saturated heterocycles. The van der Waals surface area contributed by atoms with E-state index in [-0.39, 0.29) is 35.6 Å². The molecule has 27 nitrogen and oxygen atoms in total. The largest absolute Gasteiger partial charge is 0.467 e. The molecule has 12 aromatic rings. The minimum Gasteiger partial charge on any atom is -0.467 e. The molecule has 12 heterocycles. The molecule has 0 spiro atoms. The van der Waals surface area contributed by atoms with E-state index in [0.29, 0.717) is 164 Å². The van der Waals surface area contributed by atoms with Gasteiger partial charge < -0.3 is 52.9 Å². The summed E-state index contributed by atoms with van der Waals surface area (Å²) in [6.45, 7) is 10.0. The van der Waals surface area contributed by atoms with Gasteiger partial charge in [0.1, 0.15) is 11.6 Å². The number of fused-ring (bicyclic) bond motifs is 6. The van der Waals surface area contributed by atoms with Gasteiger partial charge in [-0.2, -0.15) is 29.9 Å². The Balaban J connectivity index is 0.000000125. The van der Waals surface area contributed by atoms with Gasteiger partial charge >= 0.3 is 5.97 Å². The highest BCUT2D eigenvalue weighted by Gasteiger charge is 2.31. The third-order valence-corrected chi connectivity index (χ3v) is 15.6. The first-order chi connectivity index (χ1) is 44.3. The van der Waals surface area contributed by atoms with E-state index in [0.717, 1.165) is 0 Å². The van der Waals surface area contributed by atoms with Crippen molar-refractivity contribution in [1.29, 1.82) is 0 Å². The van der Waals surface area contributed by atoms with E-state index in [9.17, 15) is 36.2 Å². The van der Waals surface area contributed by atoms with Crippen molar-refractivity contribution in [2.45, 2.75) is 45.2 Å². The average Bonchev–Trinajstić information content (AvgIpc) is 1.69. The normalized spacial score (nSPS) is 15.6. The number of alkyl halides is 6. The van der Waals surface area contributed by atoms with E-state index in [1.165, 1.54) is 33.5 Å². The van der Waals surface area contributed by atoms with Crippen molar-refractivity contribution in [3.63, 3.8) is 0 Å². The van der Waals surface area contributed by atoms with Gasteiger partial charge in [0, 0.05) is 39.3 Å². The van der Waals surface area contributed by atoms with Gasteiger partial charge in [0.25, 0.3) is 19.3 Å². The molecule has 3 aliphatic rings. The van der Waals surface area contributed by atoms with Crippen LogP contribution in [0.2, 0.25) is 0 Å². The summed E-state index contributed by atoms with van der Waals surface area (Å²) >= 11 is 0. The van der Waals surface area contributed by atoms with E-state index < -0.39 is 42.9 Å². The highest BCUT2D eigenvalue weighted by molar-refractivity contribution is 5.89. The number of carbonyl (C=O) groups is 1. The first-order valence-corrected chi connectivity index (χ1v) is 28.9. The van der Waals surface area contributed by atoms with Gasteiger partial charge in [0.2, 0.25) is 17.8 Å². The fourth-order valence-electron chi connectivity index (χ4n) is 11.0. The lowest BCUT2D eigenvalue weighted by Gasteiger charge is -2.27. The lowest BCUT2D eigenvalue weighted by atomic mass is 10.3. The Labute approximate surface area is 510 Å². The van der Waals surface area contributed by atoms with Crippen LogP contribution in [0.3, 0.4) is 0 Å². The zero-order chi connectivity index (χ0) is 63.0. The van der Waals surface area contributed by atoms with E-state index in [1.807, 2.05) is 21.6 Å². The van der Waals surface area contributed by atoms with Crippen LogP contribution in [-0.4, -0.2) is 191 Å². The number of methoxy groups -OCH3 is 1. The zero-order valence-corrected chi connectivity index (χ0v) is 48.9. The van der Waals surface area contributed by atoms with Crippen molar-refractivity contribution in [2.75, 3.05) is 107 Å². The first-order valence-electron chi connectivity index (χ1n) is 28.9. The minimum absolute atomic E-state index is 0.117. The molecule has 2 atom stereocenters. The number of hydrogen-bond acceptors (Lipinski definition) is 21. The van der Waals surface area contributed by atoms with Crippen LogP contribution in [0, 0.1) is 0 Å². The Morgan fingerprint density at radius 2 is 0.912 bits per heavy atom. The Kier molecular flexibility index (Phi) is 16.8. The van der Waals surface area contributed by atoms with Crippen LogP contribution in [0.5, 0.6) is 0 Å². The summed E-state index contributed by atoms with van der Waals surface area (Å²) in [7, 11) is 1.30. The summed E-state index contributed by atoms with van der Waals surface area (Å²) in [4.78, 5) is 74.2. The number of ether oxygens (including phenoxy) is 4. The van der Waals surface area contributed by atoms with E-state index in [4.69, 9.17) is 18.9 Å². The van der Waals surface area contributed by atoms with Gasteiger partial charge in [-0.25, -0.2) is 61.0 Å². The lowest BCUT2D eigenvalue weighted by Crippen LogP contribution is -2.37. The van der Waals surface area contributed by atoms with Crippen LogP contribution in [0.25, 0.3) is 84.0 Å². The van der Waals surface area contributed by atoms with Crippen molar-refractivity contribution in [3.8, 4) is 17.5 Å². The molecule has 2 N–H and O–H groups in total. The second kappa shape index (κ2) is 25.5. The topological polar surface area (TPSA) is 279 Å². The number of aliphatic hydroxyl groups excluding tert-OH is 1. The number of benzene rings is 3. The number of hydrogen-bond donors (Lipinski definition) is 2. The second-order valence-corrected chi connectivity index (χ2v) is 21.1. The maximum Gasteiger partial charge on any atom is 0.328 e. The summed E-state index contributed by atoms with van der Waals surface area (Å²) in [5.74, 6) is 0.184. The standard InChI is InChI=1S/C21H21F2N7O3.C20H21F2N7O2.C17H15F2N7O/c1-12(20(31)32-2)29-11-24-15-17(29)26-21(28-7-9-33-10-8-28)27-18(15)30-14-6-4-3-5-13(14)25-19(30)16(22)23;1-12(10-30)28-11-23-15-17(28)25-20(27-6-8-31-9-7-27)26-18(15)29-14-5-3-2-4-13(14)24-19(29)16(21)22;18-13(19)16-22-10-3-1-2-4-11(10)26(16)15-12-14(21-9-20-12)23-17(24-15)25-5-7-27-8-6-25/h3-6,11-12,16H,7-10H2,1-2H3;2-5,11-12,16,30H,6-10H2,1H3;1-4,9,13H,5-8H2,(H,20,21,23,24). The van der Waals surface area contributed by atoms with Gasteiger partial charge in [-0.1, -0.05) is 36.4 Å². The number of para-hydroxylation sites is 6. The van der Waals surface area contributed by atoms with Gasteiger partial charge in [-0.15, -0.1) is 0 Å². The molecule has 0 radical (unpaired) electrons. The fourth-order valence-corrected chi connectivity index (χ4v) is 11.0. The molecule has 15 rings (SSSR count). The van der Waals surface area contributed by atoms with Crippen LogP contribution in [0.4, 0.5) is 44.2 Å². The number of imidazole rings is 6. The van der Waals surface area contributed by atoms with E-state index >= 15 is 0 Å². The number of halogens is 6. The smallest absolute Gasteiger partial charge is 0.328 e. The third kappa shape index (κ3) is 11.4. The molecule has 0 amide bonds. The maximum atomic E-state index is 14.1. The molecular weight excluding hydrogens is 1200 g/mol. The number of rotatable bonds is 13. The molecule has 0 aliphatic carbocycles. The SMILES string of the molecule is CC(CO)n1cnc2c(-n3c(C(F)F)nc4ccccc43)nc(N3CCOCC3)nc21.COC(=O)C(C)n1cnc2c(-n3c(C(F)F)nc4ccccc43)nc(N3CCOCC3)nc21.FC(F)c1nc2ccccc2n1-c1nc(N2CCOCC2)nc2nc[nH]c12. The van der Waals surface area contributed by atoms with Crippen molar-refractivity contribution in [3.05, 3.63) is 109 Å². The van der Waals surface area contributed by atoms with Crippen molar-refractivity contribution < 1.29 is 55.2 Å². The molecule has 2 unspecified atom stereocenters. The predicted molar refractivity (Wildman–Crippen MR) is 319 cm³/mol. The monoisotopic (exact) mass is 1260 g/mol. The molecule has 33 heteroatoms. The quantitative estimate of drug-likeness (QED) is 0.0828. The van der Waals surface area contributed by atoms with Crippen LogP contribution < -0.4 is 14.7 Å². The maximum absolute atomic E-state index is 14.1. The Morgan fingerprint density at radius 1 is 0.527 bits per heavy atom. The van der Waals surface area contributed by atoms with E-state index in [2.05, 4.69) is 64.8 Å². The number of carbonyl (C=O) groups excluding carboxylic acids is 1. The molecule has 3 aromatic carbocycles. The summed E-state index contributed by atoms with van der Waals surface area (Å²) in [5.41, 5.74) is 5.19. The fraction of sp³-hybridized carbons (Fsp3) is 0.362. The first kappa shape index (κ1) is 59.9. The molecule has 3 aliphatic heterocycles. The number of anilines is 3. The Hall–Kier alpha value is -9.99. The number of aliphatic hydroxyl groups is 1. The summed E-state index contributed by atoms with van der Waals surface area (Å²) < 4.78 is 112. The number of aromatic nitrogens is 18.